The van der Waals surface area contributed by atoms with Crippen LogP contribution in [0.2, 0.25) is 0 Å². The lowest BCUT2D eigenvalue weighted by Gasteiger charge is -2.16. The zero-order valence-electron chi connectivity index (χ0n) is 16.5. The van der Waals surface area contributed by atoms with E-state index in [1.807, 2.05) is 6.20 Å². The van der Waals surface area contributed by atoms with Crippen molar-refractivity contribution in [1.29, 1.82) is 0 Å². The maximum Gasteiger partial charge on any atom is 0.127 e. The SMILES string of the molecule is c1ccc2c(c1)CC[C@H]2Nc1ccc2c(Nc3cccc4cc[nH]c34)cccc2n1. The van der Waals surface area contributed by atoms with Crippen molar-refractivity contribution in [3.8, 4) is 0 Å². The first-order valence-corrected chi connectivity index (χ1v) is 10.4. The van der Waals surface area contributed by atoms with Gasteiger partial charge in [-0.1, -0.05) is 42.5 Å². The van der Waals surface area contributed by atoms with Gasteiger partial charge in [0.25, 0.3) is 0 Å². The highest BCUT2D eigenvalue weighted by Crippen LogP contribution is 2.34. The van der Waals surface area contributed by atoms with E-state index in [0.29, 0.717) is 6.04 Å². The molecule has 0 aliphatic heterocycles. The summed E-state index contributed by atoms with van der Waals surface area (Å²) in [7, 11) is 0. The summed E-state index contributed by atoms with van der Waals surface area (Å²) in [6.45, 7) is 0. The Morgan fingerprint density at radius 1 is 0.833 bits per heavy atom. The lowest BCUT2D eigenvalue weighted by atomic mass is 10.1. The van der Waals surface area contributed by atoms with Crippen LogP contribution in [-0.4, -0.2) is 9.97 Å². The van der Waals surface area contributed by atoms with Crippen molar-refractivity contribution in [3.63, 3.8) is 0 Å². The molecule has 0 saturated carbocycles. The summed E-state index contributed by atoms with van der Waals surface area (Å²) in [5.41, 5.74) is 7.06. The summed E-state index contributed by atoms with van der Waals surface area (Å²) in [6, 6.07) is 27.9. The van der Waals surface area contributed by atoms with Crippen molar-refractivity contribution in [2.24, 2.45) is 0 Å². The predicted octanol–water partition coefficient (Wildman–Crippen LogP) is 6.56. The van der Waals surface area contributed by atoms with Gasteiger partial charge in [-0.2, -0.15) is 0 Å². The monoisotopic (exact) mass is 390 g/mol. The number of pyridine rings is 1. The quantitative estimate of drug-likeness (QED) is 0.326. The molecule has 30 heavy (non-hydrogen) atoms. The van der Waals surface area contributed by atoms with Crippen LogP contribution in [0.5, 0.6) is 0 Å². The number of nitrogens with one attached hydrogen (secondary N) is 3. The van der Waals surface area contributed by atoms with Crippen LogP contribution in [0.3, 0.4) is 0 Å². The van der Waals surface area contributed by atoms with Crippen LogP contribution in [0.25, 0.3) is 21.8 Å². The molecule has 0 amide bonds. The number of benzene rings is 3. The van der Waals surface area contributed by atoms with E-state index in [0.717, 1.165) is 46.5 Å². The molecule has 0 spiro atoms. The first kappa shape index (κ1) is 17.1. The van der Waals surface area contributed by atoms with Crippen molar-refractivity contribution in [3.05, 3.63) is 96.2 Å². The fourth-order valence-electron chi connectivity index (χ4n) is 4.56. The second kappa shape index (κ2) is 6.92. The fraction of sp³-hybridized carbons (Fsp3) is 0.115. The highest BCUT2D eigenvalue weighted by Gasteiger charge is 2.22. The Kier molecular flexibility index (Phi) is 3.94. The number of para-hydroxylation sites is 1. The number of aromatic amines is 1. The summed E-state index contributed by atoms with van der Waals surface area (Å²) >= 11 is 0. The topological polar surface area (TPSA) is 52.7 Å². The molecule has 146 valence electrons. The van der Waals surface area contributed by atoms with Gasteiger partial charge in [-0.25, -0.2) is 4.98 Å². The van der Waals surface area contributed by atoms with E-state index in [-0.39, 0.29) is 0 Å². The van der Waals surface area contributed by atoms with Crippen LogP contribution in [0.15, 0.2) is 85.1 Å². The fourth-order valence-corrected chi connectivity index (χ4v) is 4.56. The Labute approximate surface area is 175 Å². The summed E-state index contributed by atoms with van der Waals surface area (Å²) in [6.07, 6.45) is 4.21. The number of fused-ring (bicyclic) bond motifs is 3. The van der Waals surface area contributed by atoms with E-state index >= 15 is 0 Å². The van der Waals surface area contributed by atoms with Crippen LogP contribution in [-0.2, 0) is 6.42 Å². The van der Waals surface area contributed by atoms with Gasteiger partial charge >= 0.3 is 0 Å². The number of aryl methyl sites for hydroxylation is 1. The minimum absolute atomic E-state index is 0.331. The second-order valence-corrected chi connectivity index (χ2v) is 7.88. The van der Waals surface area contributed by atoms with E-state index in [9.17, 15) is 0 Å². The summed E-state index contributed by atoms with van der Waals surface area (Å²) in [4.78, 5) is 8.23. The molecule has 5 aromatic rings. The molecule has 2 heterocycles. The Balaban J connectivity index is 1.32. The average molecular weight is 390 g/mol. The largest absolute Gasteiger partial charge is 0.363 e. The zero-order chi connectivity index (χ0) is 19.9. The number of hydrogen-bond acceptors (Lipinski definition) is 3. The van der Waals surface area contributed by atoms with Gasteiger partial charge in [0.1, 0.15) is 5.82 Å². The molecular formula is C26H22N4. The Morgan fingerprint density at radius 2 is 1.73 bits per heavy atom. The maximum absolute atomic E-state index is 4.91. The van der Waals surface area contributed by atoms with Gasteiger partial charge in [-0.05, 0) is 60.4 Å². The highest BCUT2D eigenvalue weighted by molar-refractivity contribution is 5.98. The van der Waals surface area contributed by atoms with Gasteiger partial charge in [0.15, 0.2) is 0 Å². The van der Waals surface area contributed by atoms with E-state index in [1.165, 1.54) is 16.5 Å². The van der Waals surface area contributed by atoms with E-state index in [4.69, 9.17) is 4.98 Å². The Morgan fingerprint density at radius 3 is 2.73 bits per heavy atom. The number of anilines is 3. The standard InChI is InChI=1S/C26H22N4/c1-2-7-19-17(5-1)11-13-23(19)30-25-14-12-20-21(8-4-9-22(20)29-25)28-24-10-3-6-18-15-16-27-26(18)24/h1-10,12,14-16,23,27-28H,11,13H2,(H,29,30)/t23-/m1/s1. The third-order valence-electron chi connectivity index (χ3n) is 6.04. The van der Waals surface area contributed by atoms with Crippen molar-refractivity contribution in [1.82, 2.24) is 9.97 Å². The summed E-state index contributed by atoms with van der Waals surface area (Å²) in [5, 5.41) is 9.54. The van der Waals surface area contributed by atoms with Gasteiger partial charge in [0.05, 0.1) is 22.8 Å². The molecule has 2 aromatic heterocycles. The second-order valence-electron chi connectivity index (χ2n) is 7.88. The molecule has 0 unspecified atom stereocenters. The van der Waals surface area contributed by atoms with Gasteiger partial charge in [0.2, 0.25) is 0 Å². The molecule has 6 rings (SSSR count). The van der Waals surface area contributed by atoms with Crippen LogP contribution >= 0.6 is 0 Å². The first-order valence-electron chi connectivity index (χ1n) is 10.4. The molecule has 4 nitrogen and oxygen atoms in total. The number of aromatic nitrogens is 2. The molecular weight excluding hydrogens is 368 g/mol. The van der Waals surface area contributed by atoms with Crippen LogP contribution < -0.4 is 10.6 Å². The third kappa shape index (κ3) is 2.89. The molecule has 1 aliphatic carbocycles. The molecule has 1 atom stereocenters. The van der Waals surface area contributed by atoms with Crippen molar-refractivity contribution >= 4 is 39.0 Å². The molecule has 0 fully saturated rings. The Bertz CT molecular complexity index is 1370. The number of rotatable bonds is 4. The molecule has 0 bridgehead atoms. The molecule has 3 aromatic carbocycles. The third-order valence-corrected chi connectivity index (χ3v) is 6.04. The zero-order valence-corrected chi connectivity index (χ0v) is 16.5. The van der Waals surface area contributed by atoms with Crippen molar-refractivity contribution in [2.75, 3.05) is 10.6 Å². The molecule has 4 heteroatoms. The maximum atomic E-state index is 4.91. The van der Waals surface area contributed by atoms with Gasteiger partial charge in [-0.3, -0.25) is 0 Å². The normalized spacial score (nSPS) is 15.4. The van der Waals surface area contributed by atoms with Crippen LogP contribution in [0.1, 0.15) is 23.6 Å². The van der Waals surface area contributed by atoms with Crippen molar-refractivity contribution in [2.45, 2.75) is 18.9 Å². The van der Waals surface area contributed by atoms with Gasteiger partial charge < -0.3 is 15.6 Å². The smallest absolute Gasteiger partial charge is 0.127 e. The van der Waals surface area contributed by atoms with Crippen LogP contribution in [0.4, 0.5) is 17.2 Å². The Hall–Kier alpha value is -3.79. The van der Waals surface area contributed by atoms with Crippen LogP contribution in [0, 0.1) is 0 Å². The van der Waals surface area contributed by atoms with E-state index in [1.54, 1.807) is 0 Å². The molecule has 0 radical (unpaired) electrons. The highest BCUT2D eigenvalue weighted by atomic mass is 15.0. The van der Waals surface area contributed by atoms with E-state index < -0.39 is 0 Å². The molecule has 3 N–H and O–H groups in total. The predicted molar refractivity (Wildman–Crippen MR) is 124 cm³/mol. The average Bonchev–Trinajstić information content (AvgIpc) is 3.42. The van der Waals surface area contributed by atoms with Gasteiger partial charge in [-0.15, -0.1) is 0 Å². The lowest BCUT2D eigenvalue weighted by molar-refractivity contribution is 0.758. The molecule has 0 saturated heterocycles. The summed E-state index contributed by atoms with van der Waals surface area (Å²) < 4.78 is 0. The minimum Gasteiger partial charge on any atom is -0.363 e. The lowest BCUT2D eigenvalue weighted by Crippen LogP contribution is -2.08. The van der Waals surface area contributed by atoms with E-state index in [2.05, 4.69) is 94.5 Å². The number of H-pyrrole nitrogens is 1. The summed E-state index contributed by atoms with van der Waals surface area (Å²) in [5.74, 6) is 0.924. The van der Waals surface area contributed by atoms with Crippen molar-refractivity contribution < 1.29 is 0 Å². The minimum atomic E-state index is 0.331. The number of nitrogens with zero attached hydrogens (tertiary/aromatic N) is 1. The number of hydrogen-bond donors (Lipinski definition) is 3. The van der Waals surface area contributed by atoms with Gasteiger partial charge in [0, 0.05) is 22.7 Å². The first-order chi connectivity index (χ1) is 14.8. The molecule has 1 aliphatic rings.